The molecule has 11 heteroatoms. The maximum atomic E-state index is 14.0. The van der Waals surface area contributed by atoms with Crippen LogP contribution in [-0.4, -0.2) is 13.2 Å². The molecule has 2 aromatic rings. The van der Waals surface area contributed by atoms with Crippen LogP contribution in [0.25, 0.3) is 0 Å². The van der Waals surface area contributed by atoms with Crippen LogP contribution in [-0.2, 0) is 11.0 Å². The molecule has 0 radical (unpaired) electrons. The van der Waals surface area contributed by atoms with Gasteiger partial charge in [0, 0.05) is 16.3 Å². The van der Waals surface area contributed by atoms with Crippen molar-refractivity contribution in [3.8, 4) is 0 Å². The van der Waals surface area contributed by atoms with Gasteiger partial charge in [0.25, 0.3) is 5.69 Å². The lowest BCUT2D eigenvalue weighted by Crippen LogP contribution is -2.49. The topological polar surface area (TPSA) is 52.4 Å². The van der Waals surface area contributed by atoms with Crippen LogP contribution in [0, 0.1) is 39.2 Å². The van der Waals surface area contributed by atoms with E-state index in [1.54, 1.807) is 0 Å². The van der Waals surface area contributed by atoms with Crippen molar-refractivity contribution in [1.82, 2.24) is 0 Å². The molecule has 0 N–H and O–H groups in total. The van der Waals surface area contributed by atoms with Crippen molar-refractivity contribution in [1.29, 1.82) is 0 Å². The number of hydrogen-bond donors (Lipinski definition) is 0. The van der Waals surface area contributed by atoms with Crippen molar-refractivity contribution >= 4 is 30.8 Å². The first kappa shape index (κ1) is 20.3. The molecule has 0 aliphatic rings. The zero-order valence-electron chi connectivity index (χ0n) is 13.4. The van der Waals surface area contributed by atoms with Crippen LogP contribution >= 0.6 is 11.6 Å². The molecule has 26 heavy (non-hydrogen) atoms. The van der Waals surface area contributed by atoms with Gasteiger partial charge in [0.2, 0.25) is 14.1 Å². The van der Waals surface area contributed by atoms with Gasteiger partial charge in [-0.25, -0.2) is 22.0 Å². The van der Waals surface area contributed by atoms with E-state index in [4.69, 9.17) is 16.0 Å². The fourth-order valence-electron chi connectivity index (χ4n) is 2.31. The molecular formula is C15H11ClF5NO3Si. The summed E-state index contributed by atoms with van der Waals surface area (Å²) in [5, 5.41) is 10.1. The van der Waals surface area contributed by atoms with Gasteiger partial charge >= 0.3 is 0 Å². The van der Waals surface area contributed by atoms with E-state index in [1.807, 2.05) is 0 Å². The molecule has 0 saturated heterocycles. The van der Waals surface area contributed by atoms with Crippen LogP contribution in [0.5, 0.6) is 0 Å². The Labute approximate surface area is 150 Å². The van der Waals surface area contributed by atoms with E-state index in [0.717, 1.165) is 6.07 Å². The first-order chi connectivity index (χ1) is 12.0. The highest BCUT2D eigenvalue weighted by Crippen LogP contribution is 2.26. The predicted octanol–water partition coefficient (Wildman–Crippen LogP) is 4.57. The van der Waals surface area contributed by atoms with Gasteiger partial charge in [-0.15, -0.1) is 0 Å². The van der Waals surface area contributed by atoms with Gasteiger partial charge in [0.1, 0.15) is 0 Å². The molecule has 0 amide bonds. The Morgan fingerprint density at radius 1 is 1.04 bits per heavy atom. The lowest BCUT2D eigenvalue weighted by Gasteiger charge is -2.25. The summed E-state index contributed by atoms with van der Waals surface area (Å²) >= 11 is 5.77. The normalized spacial score (nSPS) is 11.7. The molecule has 4 nitrogen and oxygen atoms in total. The molecule has 140 valence electrons. The van der Waals surface area contributed by atoms with Crippen LogP contribution in [0.4, 0.5) is 27.6 Å². The van der Waals surface area contributed by atoms with Crippen molar-refractivity contribution in [3.05, 3.63) is 68.0 Å². The van der Waals surface area contributed by atoms with Gasteiger partial charge in [-0.3, -0.25) is 10.1 Å². The number of rotatable bonds is 5. The summed E-state index contributed by atoms with van der Waals surface area (Å²) < 4.78 is 73.4. The average molecular weight is 412 g/mol. The minimum atomic E-state index is -3.67. The van der Waals surface area contributed by atoms with E-state index < -0.39 is 54.1 Å². The summed E-state index contributed by atoms with van der Waals surface area (Å²) in [5.74, 6) is -10.4. The van der Waals surface area contributed by atoms with Crippen LogP contribution in [0.2, 0.25) is 18.1 Å². The van der Waals surface area contributed by atoms with Crippen LogP contribution in [0.15, 0.2) is 18.2 Å². The summed E-state index contributed by atoms with van der Waals surface area (Å²) in [4.78, 5) is 10.3. The Hall–Kier alpha value is -2.04. The summed E-state index contributed by atoms with van der Waals surface area (Å²) in [5.41, 5.74) is -0.344. The van der Waals surface area contributed by atoms with E-state index in [-0.39, 0.29) is 16.3 Å². The Balaban J connectivity index is 2.43. The van der Waals surface area contributed by atoms with E-state index >= 15 is 0 Å². The third-order valence-corrected chi connectivity index (χ3v) is 6.38. The van der Waals surface area contributed by atoms with Crippen molar-refractivity contribution in [2.75, 3.05) is 0 Å². The van der Waals surface area contributed by atoms with Crippen molar-refractivity contribution in [3.63, 3.8) is 0 Å². The second-order valence-electron chi connectivity index (χ2n) is 5.77. The second-order valence-corrected chi connectivity index (χ2v) is 10.0. The molecule has 0 atom stereocenters. The summed E-state index contributed by atoms with van der Waals surface area (Å²) in [6.45, 7) is 1.93. The van der Waals surface area contributed by atoms with Crippen LogP contribution < -0.4 is 5.19 Å². The summed E-state index contributed by atoms with van der Waals surface area (Å²) in [6.07, 6.45) is 0. The Morgan fingerprint density at radius 2 is 1.54 bits per heavy atom. The van der Waals surface area contributed by atoms with Gasteiger partial charge < -0.3 is 4.43 Å². The monoisotopic (exact) mass is 411 g/mol. The number of nitro benzene ring substituents is 1. The second kappa shape index (κ2) is 7.29. The van der Waals surface area contributed by atoms with Gasteiger partial charge in [0.15, 0.2) is 23.3 Å². The lowest BCUT2D eigenvalue weighted by atomic mass is 10.2. The van der Waals surface area contributed by atoms with Crippen molar-refractivity contribution < 1.29 is 31.3 Å². The SMILES string of the molecule is C[Si](C)(OCc1cc(Cl)ccc1[N+](=O)[O-])c1c(F)c(F)c(F)c(F)c1F. The number of hydrogen-bond acceptors (Lipinski definition) is 3. The van der Waals surface area contributed by atoms with Crippen molar-refractivity contribution in [2.24, 2.45) is 0 Å². The smallest absolute Gasteiger partial charge is 0.274 e. The zero-order chi connectivity index (χ0) is 19.8. The molecule has 0 saturated carbocycles. The van der Waals surface area contributed by atoms with Crippen molar-refractivity contribution in [2.45, 2.75) is 19.7 Å². The van der Waals surface area contributed by atoms with E-state index in [1.165, 1.54) is 25.2 Å². The first-order valence-electron chi connectivity index (χ1n) is 7.06. The first-order valence-corrected chi connectivity index (χ1v) is 10.3. The Morgan fingerprint density at radius 3 is 2.04 bits per heavy atom. The standard InChI is InChI=1S/C15H11ClF5NO3Si/c1-26(2,15-13(20)11(18)10(17)12(19)14(15)21)25-6-7-5-8(16)3-4-9(7)22(23)24/h3-5H,6H2,1-2H3. The molecule has 2 rings (SSSR count). The number of halogens is 6. The summed E-state index contributed by atoms with van der Waals surface area (Å²) in [7, 11) is -3.67. The molecule has 0 fully saturated rings. The molecule has 0 spiro atoms. The molecule has 0 bridgehead atoms. The molecule has 0 aliphatic heterocycles. The third-order valence-electron chi connectivity index (χ3n) is 3.64. The quantitative estimate of drug-likeness (QED) is 0.181. The number of nitro groups is 1. The van der Waals surface area contributed by atoms with Gasteiger partial charge in [0.05, 0.1) is 17.1 Å². The minimum Gasteiger partial charge on any atom is -0.408 e. The average Bonchev–Trinajstić information content (AvgIpc) is 2.56. The van der Waals surface area contributed by atoms with Gasteiger partial charge in [-0.2, -0.15) is 0 Å². The van der Waals surface area contributed by atoms with E-state index in [9.17, 15) is 32.1 Å². The molecule has 0 aromatic heterocycles. The zero-order valence-corrected chi connectivity index (χ0v) is 15.1. The predicted molar refractivity (Wildman–Crippen MR) is 86.2 cm³/mol. The van der Waals surface area contributed by atoms with Gasteiger partial charge in [-0.1, -0.05) is 11.6 Å². The molecule has 0 aliphatic carbocycles. The summed E-state index contributed by atoms with van der Waals surface area (Å²) in [6, 6.07) is 3.62. The fraction of sp³-hybridized carbons (Fsp3) is 0.200. The Bertz CT molecular complexity index is 865. The molecule has 0 unspecified atom stereocenters. The fourth-order valence-corrected chi connectivity index (χ4v) is 4.44. The third kappa shape index (κ3) is 3.71. The molecule has 0 heterocycles. The number of benzene rings is 2. The maximum Gasteiger partial charge on any atom is 0.274 e. The number of nitrogens with zero attached hydrogens (tertiary/aromatic N) is 1. The highest BCUT2D eigenvalue weighted by molar-refractivity contribution is 6.84. The highest BCUT2D eigenvalue weighted by atomic mass is 35.5. The molecule has 2 aromatic carbocycles. The maximum absolute atomic E-state index is 14.0. The molecular weight excluding hydrogens is 401 g/mol. The van der Waals surface area contributed by atoms with Gasteiger partial charge in [-0.05, 0) is 25.2 Å². The minimum absolute atomic E-state index is 0.00643. The Kier molecular flexibility index (Phi) is 5.69. The van der Waals surface area contributed by atoms with Crippen LogP contribution in [0.1, 0.15) is 5.56 Å². The van der Waals surface area contributed by atoms with Crippen LogP contribution in [0.3, 0.4) is 0 Å². The van der Waals surface area contributed by atoms with E-state index in [2.05, 4.69) is 0 Å². The highest BCUT2D eigenvalue weighted by Gasteiger charge is 2.38. The lowest BCUT2D eigenvalue weighted by molar-refractivity contribution is -0.385. The largest absolute Gasteiger partial charge is 0.408 e. The van der Waals surface area contributed by atoms with E-state index in [0.29, 0.717) is 0 Å².